The standard InChI is InChI=1S/C15H13ClN4O2/c1-17-14(21)11-7-20-8-12(9-5-3-4-6-10(9)16)19(2)15(22)13(20)18-11/h3-8H,1-2H3,(H,17,21). The van der Waals surface area contributed by atoms with Crippen molar-refractivity contribution in [3.05, 3.63) is 57.7 Å². The first kappa shape index (κ1) is 14.3. The first-order valence-corrected chi connectivity index (χ1v) is 6.96. The summed E-state index contributed by atoms with van der Waals surface area (Å²) >= 11 is 6.21. The van der Waals surface area contributed by atoms with E-state index in [0.717, 1.165) is 5.56 Å². The fraction of sp³-hybridized carbons (Fsp3) is 0.133. The van der Waals surface area contributed by atoms with Gasteiger partial charge in [-0.05, 0) is 6.07 Å². The van der Waals surface area contributed by atoms with E-state index in [1.54, 1.807) is 23.7 Å². The Kier molecular flexibility index (Phi) is 3.46. The Morgan fingerprint density at radius 3 is 2.68 bits per heavy atom. The molecule has 7 heteroatoms. The maximum atomic E-state index is 12.5. The van der Waals surface area contributed by atoms with Crippen molar-refractivity contribution in [3.63, 3.8) is 0 Å². The van der Waals surface area contributed by atoms with Crippen LogP contribution in [0.2, 0.25) is 5.02 Å². The molecule has 1 aromatic carbocycles. The lowest BCUT2D eigenvalue weighted by atomic mass is 10.1. The number of carbonyl (C=O) groups excluding carboxylic acids is 1. The van der Waals surface area contributed by atoms with Crippen LogP contribution < -0.4 is 10.9 Å². The molecule has 22 heavy (non-hydrogen) atoms. The third-order valence-corrected chi connectivity index (χ3v) is 3.79. The van der Waals surface area contributed by atoms with Gasteiger partial charge in [-0.25, -0.2) is 4.98 Å². The summed E-state index contributed by atoms with van der Waals surface area (Å²) in [6.07, 6.45) is 3.26. The summed E-state index contributed by atoms with van der Waals surface area (Å²) in [5, 5.41) is 3.03. The quantitative estimate of drug-likeness (QED) is 0.782. The zero-order valence-electron chi connectivity index (χ0n) is 12.0. The van der Waals surface area contributed by atoms with Crippen molar-refractivity contribution in [1.29, 1.82) is 0 Å². The molecule has 0 saturated carbocycles. The predicted molar refractivity (Wildman–Crippen MR) is 84.3 cm³/mol. The van der Waals surface area contributed by atoms with Crippen LogP contribution in [0.4, 0.5) is 0 Å². The molecule has 0 aliphatic rings. The number of hydrogen-bond acceptors (Lipinski definition) is 3. The van der Waals surface area contributed by atoms with Gasteiger partial charge in [0.15, 0.2) is 0 Å². The molecule has 2 aromatic heterocycles. The van der Waals surface area contributed by atoms with Crippen molar-refractivity contribution in [3.8, 4) is 11.3 Å². The first-order chi connectivity index (χ1) is 10.5. The van der Waals surface area contributed by atoms with Gasteiger partial charge in [-0.2, -0.15) is 0 Å². The van der Waals surface area contributed by atoms with Gasteiger partial charge < -0.3 is 9.88 Å². The first-order valence-electron chi connectivity index (χ1n) is 6.58. The minimum absolute atomic E-state index is 0.191. The maximum absolute atomic E-state index is 12.5. The Labute approximate surface area is 131 Å². The van der Waals surface area contributed by atoms with Gasteiger partial charge in [0.25, 0.3) is 11.5 Å². The van der Waals surface area contributed by atoms with Crippen molar-refractivity contribution in [2.75, 3.05) is 7.05 Å². The average Bonchev–Trinajstić information content (AvgIpc) is 2.95. The zero-order valence-corrected chi connectivity index (χ0v) is 12.8. The molecular formula is C15H13ClN4O2. The van der Waals surface area contributed by atoms with E-state index in [2.05, 4.69) is 10.3 Å². The van der Waals surface area contributed by atoms with Crippen molar-refractivity contribution < 1.29 is 4.79 Å². The lowest BCUT2D eigenvalue weighted by Gasteiger charge is -2.10. The van der Waals surface area contributed by atoms with Crippen LogP contribution >= 0.6 is 11.6 Å². The van der Waals surface area contributed by atoms with Gasteiger partial charge in [0.1, 0.15) is 5.69 Å². The van der Waals surface area contributed by atoms with Crippen LogP contribution in [0.1, 0.15) is 10.5 Å². The summed E-state index contributed by atoms with van der Waals surface area (Å²) in [4.78, 5) is 28.2. The van der Waals surface area contributed by atoms with Crippen molar-refractivity contribution in [2.24, 2.45) is 7.05 Å². The minimum Gasteiger partial charge on any atom is -0.354 e. The molecule has 112 valence electrons. The highest BCUT2D eigenvalue weighted by Gasteiger charge is 2.15. The number of amides is 1. The summed E-state index contributed by atoms with van der Waals surface area (Å²) in [6, 6.07) is 7.26. The molecule has 0 bridgehead atoms. The topological polar surface area (TPSA) is 68.4 Å². The van der Waals surface area contributed by atoms with Crippen molar-refractivity contribution >= 4 is 23.2 Å². The van der Waals surface area contributed by atoms with Gasteiger partial charge in [-0.1, -0.05) is 29.8 Å². The Hall–Kier alpha value is -2.60. The smallest absolute Gasteiger partial charge is 0.294 e. The van der Waals surface area contributed by atoms with Crippen LogP contribution in [0, 0.1) is 0 Å². The van der Waals surface area contributed by atoms with Crippen LogP contribution in [0.3, 0.4) is 0 Å². The summed E-state index contributed by atoms with van der Waals surface area (Å²) in [5.41, 5.74) is 1.46. The summed E-state index contributed by atoms with van der Waals surface area (Å²) in [5.74, 6) is -0.343. The third-order valence-electron chi connectivity index (χ3n) is 3.46. The number of carbonyl (C=O) groups is 1. The molecule has 2 heterocycles. The predicted octanol–water partition coefficient (Wildman–Crippen LogP) is 1.71. The van der Waals surface area contributed by atoms with Crippen LogP contribution in [0.25, 0.3) is 16.9 Å². The summed E-state index contributed by atoms with van der Waals surface area (Å²) < 4.78 is 3.02. The highest BCUT2D eigenvalue weighted by atomic mass is 35.5. The van der Waals surface area contributed by atoms with Crippen LogP contribution in [0.5, 0.6) is 0 Å². The van der Waals surface area contributed by atoms with E-state index >= 15 is 0 Å². The number of fused-ring (bicyclic) bond motifs is 1. The number of hydrogen-bond donors (Lipinski definition) is 1. The van der Waals surface area contributed by atoms with E-state index in [-0.39, 0.29) is 22.8 Å². The Balaban J connectivity index is 2.30. The highest BCUT2D eigenvalue weighted by Crippen LogP contribution is 2.26. The number of halogens is 1. The van der Waals surface area contributed by atoms with E-state index < -0.39 is 0 Å². The van der Waals surface area contributed by atoms with Gasteiger partial charge in [0.2, 0.25) is 5.65 Å². The number of imidazole rings is 1. The molecule has 0 unspecified atom stereocenters. The van der Waals surface area contributed by atoms with E-state index in [4.69, 9.17) is 11.6 Å². The Morgan fingerprint density at radius 1 is 1.27 bits per heavy atom. The minimum atomic E-state index is -0.343. The average molecular weight is 317 g/mol. The van der Waals surface area contributed by atoms with E-state index in [1.165, 1.54) is 17.8 Å². The molecule has 0 aliphatic heterocycles. The van der Waals surface area contributed by atoms with E-state index in [9.17, 15) is 9.59 Å². The van der Waals surface area contributed by atoms with E-state index in [1.807, 2.05) is 18.2 Å². The normalized spacial score (nSPS) is 10.9. The second-order valence-corrected chi connectivity index (χ2v) is 5.20. The molecule has 0 radical (unpaired) electrons. The fourth-order valence-corrected chi connectivity index (χ4v) is 2.52. The molecule has 3 rings (SSSR count). The van der Waals surface area contributed by atoms with Crippen molar-refractivity contribution in [2.45, 2.75) is 0 Å². The molecule has 3 aromatic rings. The number of rotatable bonds is 2. The number of nitrogens with zero attached hydrogens (tertiary/aromatic N) is 3. The van der Waals surface area contributed by atoms with Gasteiger partial charge in [0, 0.05) is 37.1 Å². The highest BCUT2D eigenvalue weighted by molar-refractivity contribution is 6.33. The molecule has 0 fully saturated rings. The Bertz CT molecular complexity index is 942. The Morgan fingerprint density at radius 2 is 2.00 bits per heavy atom. The second kappa shape index (κ2) is 5.31. The molecule has 0 spiro atoms. The van der Waals surface area contributed by atoms with Crippen LogP contribution in [0.15, 0.2) is 41.5 Å². The lowest BCUT2D eigenvalue weighted by molar-refractivity contribution is 0.0959. The third kappa shape index (κ3) is 2.17. The fourth-order valence-electron chi connectivity index (χ4n) is 2.28. The SMILES string of the molecule is CNC(=O)c1cn2cc(-c3ccccc3Cl)n(C)c(=O)c2n1. The van der Waals surface area contributed by atoms with Crippen LogP contribution in [-0.2, 0) is 7.05 Å². The summed E-state index contributed by atoms with van der Waals surface area (Å²) in [6.45, 7) is 0. The number of aromatic nitrogens is 3. The largest absolute Gasteiger partial charge is 0.354 e. The van der Waals surface area contributed by atoms with E-state index in [0.29, 0.717) is 10.7 Å². The molecule has 0 aliphatic carbocycles. The van der Waals surface area contributed by atoms with Crippen molar-refractivity contribution in [1.82, 2.24) is 19.3 Å². The second-order valence-electron chi connectivity index (χ2n) is 4.79. The summed E-state index contributed by atoms with van der Waals surface area (Å²) in [7, 11) is 3.16. The van der Waals surface area contributed by atoms with Gasteiger partial charge in [-0.3, -0.25) is 14.0 Å². The molecule has 1 N–H and O–H groups in total. The number of benzene rings is 1. The maximum Gasteiger partial charge on any atom is 0.294 e. The molecular weight excluding hydrogens is 304 g/mol. The molecule has 6 nitrogen and oxygen atoms in total. The lowest BCUT2D eigenvalue weighted by Crippen LogP contribution is -2.21. The zero-order chi connectivity index (χ0) is 15.9. The van der Waals surface area contributed by atoms with Gasteiger partial charge in [0.05, 0.1) is 5.69 Å². The molecule has 0 atom stereocenters. The van der Waals surface area contributed by atoms with Gasteiger partial charge >= 0.3 is 0 Å². The monoisotopic (exact) mass is 316 g/mol. The van der Waals surface area contributed by atoms with Gasteiger partial charge in [-0.15, -0.1) is 0 Å². The van der Waals surface area contributed by atoms with Crippen LogP contribution in [-0.4, -0.2) is 26.9 Å². The molecule has 1 amide bonds. The number of nitrogens with one attached hydrogen (secondary N) is 1. The molecule has 0 saturated heterocycles.